The Hall–Kier alpha value is -2.90. The predicted octanol–water partition coefficient (Wildman–Crippen LogP) is 4.38. The summed E-state index contributed by atoms with van der Waals surface area (Å²) >= 11 is 11.9. The Morgan fingerprint density at radius 3 is 2.52 bits per heavy atom. The molecule has 29 heavy (non-hydrogen) atoms. The number of pyridine rings is 1. The van der Waals surface area contributed by atoms with Crippen LogP contribution < -0.4 is 16.0 Å². The van der Waals surface area contributed by atoms with E-state index in [-0.39, 0.29) is 5.91 Å². The van der Waals surface area contributed by atoms with Crippen LogP contribution >= 0.6 is 23.2 Å². The van der Waals surface area contributed by atoms with Crippen molar-refractivity contribution in [2.24, 2.45) is 0 Å². The van der Waals surface area contributed by atoms with Crippen LogP contribution in [-0.4, -0.2) is 33.9 Å². The van der Waals surface area contributed by atoms with Gasteiger partial charge in [-0.25, -0.2) is 15.0 Å². The number of carbonyl (C=O) groups is 1. The molecule has 9 heteroatoms. The molecule has 0 aliphatic heterocycles. The molecule has 1 amide bonds. The van der Waals surface area contributed by atoms with Crippen molar-refractivity contribution in [3.05, 3.63) is 69.6 Å². The number of carbonyl (C=O) groups excluding carboxylic acids is 1. The van der Waals surface area contributed by atoms with Crippen LogP contribution in [-0.2, 0) is 0 Å². The molecule has 0 saturated heterocycles. The van der Waals surface area contributed by atoms with Crippen molar-refractivity contribution in [3.8, 4) is 0 Å². The monoisotopic (exact) mass is 430 g/mol. The van der Waals surface area contributed by atoms with Gasteiger partial charge in [-0.3, -0.25) is 4.79 Å². The van der Waals surface area contributed by atoms with Gasteiger partial charge in [0.05, 0.1) is 10.6 Å². The van der Waals surface area contributed by atoms with Crippen molar-refractivity contribution in [1.82, 2.24) is 20.3 Å². The van der Waals surface area contributed by atoms with Crippen LogP contribution in [0.2, 0.25) is 10.0 Å². The maximum Gasteiger partial charge on any atom is 0.252 e. The highest BCUT2D eigenvalue weighted by molar-refractivity contribution is 6.36. The van der Waals surface area contributed by atoms with Gasteiger partial charge in [0.15, 0.2) is 0 Å². The van der Waals surface area contributed by atoms with Gasteiger partial charge >= 0.3 is 0 Å². The van der Waals surface area contributed by atoms with Crippen LogP contribution in [0.5, 0.6) is 0 Å². The van der Waals surface area contributed by atoms with Gasteiger partial charge in [-0.1, -0.05) is 23.2 Å². The Labute approximate surface area is 178 Å². The van der Waals surface area contributed by atoms with Crippen LogP contribution in [0.3, 0.4) is 0 Å². The Kier molecular flexibility index (Phi) is 6.85. The molecule has 1 aromatic carbocycles. The van der Waals surface area contributed by atoms with Crippen molar-refractivity contribution in [3.63, 3.8) is 0 Å². The zero-order valence-electron chi connectivity index (χ0n) is 16.0. The van der Waals surface area contributed by atoms with E-state index >= 15 is 0 Å². The van der Waals surface area contributed by atoms with E-state index in [9.17, 15) is 4.79 Å². The maximum absolute atomic E-state index is 12.2. The molecule has 3 aromatic rings. The number of nitrogens with one attached hydrogen (secondary N) is 3. The summed E-state index contributed by atoms with van der Waals surface area (Å²) in [4.78, 5) is 25.2. The molecule has 0 aliphatic rings. The van der Waals surface area contributed by atoms with Crippen LogP contribution in [0.4, 0.5) is 17.5 Å². The molecule has 0 atom stereocenters. The van der Waals surface area contributed by atoms with E-state index in [1.54, 1.807) is 24.4 Å². The van der Waals surface area contributed by atoms with Gasteiger partial charge in [-0.15, -0.1) is 0 Å². The molecule has 0 radical (unpaired) electrons. The van der Waals surface area contributed by atoms with Gasteiger partial charge in [0, 0.05) is 30.4 Å². The molecule has 2 heterocycles. The van der Waals surface area contributed by atoms with Gasteiger partial charge in [0.25, 0.3) is 5.91 Å². The number of hydrogen-bond acceptors (Lipinski definition) is 6. The molecule has 0 saturated carbocycles. The Balaban J connectivity index is 1.55. The van der Waals surface area contributed by atoms with Crippen molar-refractivity contribution < 1.29 is 4.79 Å². The lowest BCUT2D eigenvalue weighted by atomic mass is 10.2. The number of anilines is 3. The number of aryl methyl sites for hydroxylation is 2. The number of halogens is 2. The van der Waals surface area contributed by atoms with Gasteiger partial charge in [0.1, 0.15) is 23.3 Å². The highest BCUT2D eigenvalue weighted by Crippen LogP contribution is 2.21. The quantitative estimate of drug-likeness (QED) is 0.481. The van der Waals surface area contributed by atoms with E-state index in [0.717, 1.165) is 5.56 Å². The van der Waals surface area contributed by atoms with E-state index in [1.807, 2.05) is 26.0 Å². The lowest BCUT2D eigenvalue weighted by Gasteiger charge is -2.11. The summed E-state index contributed by atoms with van der Waals surface area (Å²) in [7, 11) is 0. The highest BCUT2D eigenvalue weighted by Gasteiger charge is 2.10. The molecular formula is C20H20Cl2N6O. The predicted molar refractivity (Wildman–Crippen MR) is 116 cm³/mol. The van der Waals surface area contributed by atoms with Crippen LogP contribution in [0.25, 0.3) is 0 Å². The minimum absolute atomic E-state index is 0.264. The first-order valence-corrected chi connectivity index (χ1v) is 9.69. The second-order valence-electron chi connectivity index (χ2n) is 6.34. The molecule has 3 N–H and O–H groups in total. The van der Waals surface area contributed by atoms with Crippen LogP contribution in [0.1, 0.15) is 21.7 Å². The van der Waals surface area contributed by atoms with Gasteiger partial charge in [-0.05, 0) is 49.7 Å². The summed E-state index contributed by atoms with van der Waals surface area (Å²) in [5, 5.41) is 9.95. The summed E-state index contributed by atoms with van der Waals surface area (Å²) in [5.41, 5.74) is 1.48. The van der Waals surface area contributed by atoms with Gasteiger partial charge in [-0.2, -0.15) is 0 Å². The van der Waals surface area contributed by atoms with Gasteiger partial charge < -0.3 is 16.0 Å². The SMILES string of the molecule is Cc1ccnc(Nc2cc(NCCNC(=O)c3ccc(Cl)cc3Cl)nc(C)n2)c1. The molecule has 0 aliphatic carbocycles. The number of hydrogen-bond donors (Lipinski definition) is 3. The standard InChI is InChI=1S/C20H20Cl2N6O/c1-12-5-6-23-17(9-12)28-19-11-18(26-13(2)27-19)24-7-8-25-20(29)15-4-3-14(21)10-16(15)22/h3-6,9-11H,7-8H2,1-2H3,(H,25,29)(H2,23,24,26,27,28). The summed E-state index contributed by atoms with van der Waals surface area (Å²) < 4.78 is 0. The molecular weight excluding hydrogens is 411 g/mol. The molecule has 0 unspecified atom stereocenters. The van der Waals surface area contributed by atoms with E-state index in [0.29, 0.717) is 52.0 Å². The normalized spacial score (nSPS) is 10.5. The van der Waals surface area contributed by atoms with E-state index in [1.165, 1.54) is 6.07 Å². The second-order valence-corrected chi connectivity index (χ2v) is 7.18. The average molecular weight is 431 g/mol. The van der Waals surface area contributed by atoms with E-state index < -0.39 is 0 Å². The first kappa shape index (κ1) is 20.8. The Bertz CT molecular complexity index is 1030. The molecule has 2 aromatic heterocycles. The smallest absolute Gasteiger partial charge is 0.252 e. The third-order valence-corrected chi connectivity index (χ3v) is 4.45. The topological polar surface area (TPSA) is 91.8 Å². The third kappa shape index (κ3) is 6.04. The highest BCUT2D eigenvalue weighted by atomic mass is 35.5. The minimum Gasteiger partial charge on any atom is -0.368 e. The van der Waals surface area contributed by atoms with Crippen molar-refractivity contribution >= 4 is 46.6 Å². The number of amides is 1. The summed E-state index contributed by atoms with van der Waals surface area (Å²) in [5.74, 6) is 2.34. The maximum atomic E-state index is 12.2. The van der Waals surface area contributed by atoms with E-state index in [4.69, 9.17) is 23.2 Å². The summed E-state index contributed by atoms with van der Waals surface area (Å²) in [6, 6.07) is 10.4. The fourth-order valence-electron chi connectivity index (χ4n) is 2.59. The zero-order chi connectivity index (χ0) is 20.8. The zero-order valence-corrected chi connectivity index (χ0v) is 17.5. The number of nitrogens with zero attached hydrogens (tertiary/aromatic N) is 3. The molecule has 0 spiro atoms. The third-order valence-electron chi connectivity index (χ3n) is 3.90. The number of benzene rings is 1. The molecule has 7 nitrogen and oxygen atoms in total. The fourth-order valence-corrected chi connectivity index (χ4v) is 3.09. The largest absolute Gasteiger partial charge is 0.368 e. The Morgan fingerprint density at radius 2 is 1.76 bits per heavy atom. The summed E-state index contributed by atoms with van der Waals surface area (Å²) in [6.07, 6.45) is 1.74. The number of aromatic nitrogens is 3. The summed E-state index contributed by atoms with van der Waals surface area (Å²) in [6.45, 7) is 4.68. The molecule has 3 rings (SSSR count). The first-order chi connectivity index (χ1) is 13.9. The molecule has 0 fully saturated rings. The van der Waals surface area contributed by atoms with E-state index in [2.05, 4.69) is 30.9 Å². The lowest BCUT2D eigenvalue weighted by Crippen LogP contribution is -2.29. The number of rotatable bonds is 7. The molecule has 150 valence electrons. The first-order valence-electron chi connectivity index (χ1n) is 8.93. The lowest BCUT2D eigenvalue weighted by molar-refractivity contribution is 0.0955. The Morgan fingerprint density at radius 1 is 0.966 bits per heavy atom. The second kappa shape index (κ2) is 9.54. The van der Waals surface area contributed by atoms with Crippen molar-refractivity contribution in [1.29, 1.82) is 0 Å². The van der Waals surface area contributed by atoms with Gasteiger partial charge in [0.2, 0.25) is 0 Å². The van der Waals surface area contributed by atoms with Crippen LogP contribution in [0, 0.1) is 13.8 Å². The minimum atomic E-state index is -0.264. The molecule has 0 bridgehead atoms. The fraction of sp³-hybridized carbons (Fsp3) is 0.200. The van der Waals surface area contributed by atoms with Crippen LogP contribution in [0.15, 0.2) is 42.6 Å². The average Bonchev–Trinajstić information content (AvgIpc) is 2.64. The van der Waals surface area contributed by atoms with Crippen molar-refractivity contribution in [2.45, 2.75) is 13.8 Å². The van der Waals surface area contributed by atoms with Crippen molar-refractivity contribution in [2.75, 3.05) is 23.7 Å².